The smallest absolute Gasteiger partial charge is 0.157 e. The first-order valence-corrected chi connectivity index (χ1v) is 7.56. The Hall–Kier alpha value is -0.180. The zero-order valence-corrected chi connectivity index (χ0v) is 11.6. The lowest BCUT2D eigenvalue weighted by atomic mass is 10.0. The Morgan fingerprint density at radius 1 is 1.38 bits per heavy atom. The van der Waals surface area contributed by atoms with Gasteiger partial charge in [-0.05, 0) is 32.1 Å². The van der Waals surface area contributed by atoms with Crippen molar-refractivity contribution < 1.29 is 0 Å². The summed E-state index contributed by atoms with van der Waals surface area (Å²) in [6, 6.07) is 0.536. The van der Waals surface area contributed by atoms with E-state index >= 15 is 0 Å². The zero-order chi connectivity index (χ0) is 11.6. The van der Waals surface area contributed by atoms with Crippen LogP contribution in [0.5, 0.6) is 0 Å². The Morgan fingerprint density at radius 2 is 2.06 bits per heavy atom. The second-order valence-corrected chi connectivity index (χ2v) is 6.86. The van der Waals surface area contributed by atoms with Crippen LogP contribution in [0.25, 0.3) is 0 Å². The van der Waals surface area contributed by atoms with Crippen LogP contribution in [-0.2, 0) is 0 Å². The van der Waals surface area contributed by atoms with Crippen molar-refractivity contribution in [3.8, 4) is 0 Å². The molecule has 1 N–H and O–H groups in total. The fraction of sp³-hybridized carbons (Fsp3) is 0.923. The molecule has 2 rings (SSSR count). The highest BCUT2D eigenvalue weighted by atomic mass is 32.2. The summed E-state index contributed by atoms with van der Waals surface area (Å²) in [5.41, 5.74) is 0.324. The quantitative estimate of drug-likeness (QED) is 0.799. The van der Waals surface area contributed by atoms with Gasteiger partial charge >= 0.3 is 0 Å². The Balaban J connectivity index is 1.98. The van der Waals surface area contributed by atoms with Gasteiger partial charge in [-0.3, -0.25) is 4.99 Å². The summed E-state index contributed by atoms with van der Waals surface area (Å²) >= 11 is 1.91. The van der Waals surface area contributed by atoms with Crippen molar-refractivity contribution in [1.29, 1.82) is 0 Å². The monoisotopic (exact) mass is 240 g/mol. The van der Waals surface area contributed by atoms with Crippen molar-refractivity contribution in [1.82, 2.24) is 5.32 Å². The zero-order valence-electron chi connectivity index (χ0n) is 10.8. The van der Waals surface area contributed by atoms with E-state index in [2.05, 4.69) is 26.1 Å². The second-order valence-electron chi connectivity index (χ2n) is 5.78. The largest absolute Gasteiger partial charge is 0.360 e. The second kappa shape index (κ2) is 4.99. The number of nitrogens with one attached hydrogen (secondary N) is 1. The third kappa shape index (κ3) is 2.93. The molecule has 3 heteroatoms. The number of aliphatic imine (C=N–C) groups is 1. The predicted molar refractivity (Wildman–Crippen MR) is 73.1 cm³/mol. The van der Waals surface area contributed by atoms with Gasteiger partial charge in [0.25, 0.3) is 0 Å². The molecule has 1 heterocycles. The van der Waals surface area contributed by atoms with Crippen molar-refractivity contribution in [2.45, 2.75) is 64.5 Å². The van der Waals surface area contributed by atoms with E-state index in [0.717, 1.165) is 0 Å². The van der Waals surface area contributed by atoms with Crippen LogP contribution in [0.4, 0.5) is 0 Å². The maximum absolute atomic E-state index is 4.86. The van der Waals surface area contributed by atoms with Crippen LogP contribution >= 0.6 is 11.8 Å². The molecular formula is C13H24N2S. The van der Waals surface area contributed by atoms with Gasteiger partial charge in [0.15, 0.2) is 5.17 Å². The van der Waals surface area contributed by atoms with Gasteiger partial charge in [-0.15, -0.1) is 0 Å². The van der Waals surface area contributed by atoms with Gasteiger partial charge in [-0.1, -0.05) is 38.5 Å². The standard InChI is InChI=1S/C13H24N2S/c1-10(2)11-6-9-16-12(14-11)15-13(3)7-4-5-8-13/h10-11H,4-9H2,1-3H3,(H,14,15). The summed E-state index contributed by atoms with van der Waals surface area (Å²) in [5.74, 6) is 1.90. The molecule has 0 bridgehead atoms. The van der Waals surface area contributed by atoms with E-state index in [-0.39, 0.29) is 0 Å². The van der Waals surface area contributed by atoms with Crippen LogP contribution in [0.15, 0.2) is 4.99 Å². The SMILES string of the molecule is CC(C)C1CCSC(NC2(C)CCCC2)=N1. The maximum Gasteiger partial charge on any atom is 0.157 e. The molecule has 0 aromatic heterocycles. The van der Waals surface area contributed by atoms with E-state index in [1.54, 1.807) is 0 Å². The molecule has 0 amide bonds. The molecule has 16 heavy (non-hydrogen) atoms. The molecule has 1 unspecified atom stereocenters. The van der Waals surface area contributed by atoms with Gasteiger partial charge in [-0.25, -0.2) is 0 Å². The number of thioether (sulfide) groups is 1. The minimum atomic E-state index is 0.324. The lowest BCUT2D eigenvalue weighted by molar-refractivity contribution is 0.427. The Labute approximate surface area is 104 Å². The molecule has 1 aliphatic carbocycles. The molecule has 0 saturated heterocycles. The average Bonchev–Trinajstić information content (AvgIpc) is 2.65. The molecule has 0 aromatic rings. The van der Waals surface area contributed by atoms with Crippen LogP contribution < -0.4 is 5.32 Å². The van der Waals surface area contributed by atoms with Crippen molar-refractivity contribution >= 4 is 16.9 Å². The van der Waals surface area contributed by atoms with E-state index in [9.17, 15) is 0 Å². The van der Waals surface area contributed by atoms with Gasteiger partial charge in [0.1, 0.15) is 0 Å². The molecule has 0 radical (unpaired) electrons. The number of rotatable bonds is 2. The average molecular weight is 240 g/mol. The third-order valence-corrected chi connectivity index (χ3v) is 4.74. The van der Waals surface area contributed by atoms with Crippen LogP contribution in [-0.4, -0.2) is 22.5 Å². The van der Waals surface area contributed by atoms with Gasteiger partial charge in [0.05, 0.1) is 6.04 Å². The molecule has 92 valence electrons. The number of hydrogen-bond acceptors (Lipinski definition) is 3. The highest BCUT2D eigenvalue weighted by molar-refractivity contribution is 8.13. The number of amidine groups is 1. The van der Waals surface area contributed by atoms with Crippen LogP contribution in [0, 0.1) is 5.92 Å². The maximum atomic E-state index is 4.86. The van der Waals surface area contributed by atoms with Crippen LogP contribution in [0.3, 0.4) is 0 Å². The molecule has 1 saturated carbocycles. The molecule has 0 spiro atoms. The van der Waals surface area contributed by atoms with Crippen LogP contribution in [0.1, 0.15) is 52.9 Å². The van der Waals surface area contributed by atoms with E-state index in [1.165, 1.54) is 43.0 Å². The Kier molecular flexibility index (Phi) is 3.83. The van der Waals surface area contributed by atoms with E-state index < -0.39 is 0 Å². The number of hydrogen-bond donors (Lipinski definition) is 1. The van der Waals surface area contributed by atoms with Crippen molar-refractivity contribution in [3.63, 3.8) is 0 Å². The summed E-state index contributed by atoms with van der Waals surface area (Å²) in [4.78, 5) is 4.86. The summed E-state index contributed by atoms with van der Waals surface area (Å²) < 4.78 is 0. The van der Waals surface area contributed by atoms with Crippen molar-refractivity contribution in [2.75, 3.05) is 5.75 Å². The molecule has 2 nitrogen and oxygen atoms in total. The van der Waals surface area contributed by atoms with Gasteiger partial charge in [-0.2, -0.15) is 0 Å². The first-order valence-electron chi connectivity index (χ1n) is 6.58. The first kappa shape index (κ1) is 12.3. The van der Waals surface area contributed by atoms with Crippen molar-refractivity contribution in [3.05, 3.63) is 0 Å². The first-order chi connectivity index (χ1) is 7.59. The molecule has 0 aromatic carbocycles. The fourth-order valence-electron chi connectivity index (χ4n) is 2.62. The van der Waals surface area contributed by atoms with E-state index in [0.29, 0.717) is 17.5 Å². The summed E-state index contributed by atoms with van der Waals surface area (Å²) in [6.45, 7) is 6.90. The normalized spacial score (nSPS) is 29.2. The molecule has 1 fully saturated rings. The highest BCUT2D eigenvalue weighted by Crippen LogP contribution is 2.31. The van der Waals surface area contributed by atoms with Gasteiger partial charge < -0.3 is 5.32 Å². The third-order valence-electron chi connectivity index (χ3n) is 3.82. The van der Waals surface area contributed by atoms with Gasteiger partial charge in [0, 0.05) is 11.3 Å². The van der Waals surface area contributed by atoms with Gasteiger partial charge in [0.2, 0.25) is 0 Å². The predicted octanol–water partition coefficient (Wildman–Crippen LogP) is 3.43. The van der Waals surface area contributed by atoms with E-state index in [1.807, 2.05) is 11.8 Å². The molecule has 2 aliphatic rings. The topological polar surface area (TPSA) is 24.4 Å². The molecule has 1 aliphatic heterocycles. The highest BCUT2D eigenvalue weighted by Gasteiger charge is 2.30. The fourth-order valence-corrected chi connectivity index (χ4v) is 3.70. The van der Waals surface area contributed by atoms with Crippen LogP contribution in [0.2, 0.25) is 0 Å². The number of nitrogens with zero attached hydrogens (tertiary/aromatic N) is 1. The summed E-state index contributed by atoms with van der Waals surface area (Å²) in [5, 5.41) is 4.90. The minimum Gasteiger partial charge on any atom is -0.360 e. The summed E-state index contributed by atoms with van der Waals surface area (Å²) in [7, 11) is 0. The van der Waals surface area contributed by atoms with E-state index in [4.69, 9.17) is 4.99 Å². The lowest BCUT2D eigenvalue weighted by Gasteiger charge is -2.31. The lowest BCUT2D eigenvalue weighted by Crippen LogP contribution is -2.44. The molecule has 1 atom stereocenters. The minimum absolute atomic E-state index is 0.324. The molecular weight excluding hydrogens is 216 g/mol. The Bertz CT molecular complexity index is 267. The summed E-state index contributed by atoms with van der Waals surface area (Å²) in [6.07, 6.45) is 6.59. The van der Waals surface area contributed by atoms with Crippen molar-refractivity contribution in [2.24, 2.45) is 10.9 Å². The Morgan fingerprint density at radius 3 is 2.69 bits per heavy atom.